The SMILES string of the molecule is CCN1CCCCC(CN)C1c1cccc2ccccc12. The molecule has 2 atom stereocenters. The van der Waals surface area contributed by atoms with Crippen LogP contribution in [0.3, 0.4) is 0 Å². The summed E-state index contributed by atoms with van der Waals surface area (Å²) in [5, 5.41) is 2.73. The second-order valence-corrected chi connectivity index (χ2v) is 6.13. The monoisotopic (exact) mass is 282 g/mol. The Morgan fingerprint density at radius 1 is 1.10 bits per heavy atom. The Hall–Kier alpha value is -1.38. The maximum atomic E-state index is 6.13. The summed E-state index contributed by atoms with van der Waals surface area (Å²) in [7, 11) is 0. The summed E-state index contributed by atoms with van der Waals surface area (Å²) >= 11 is 0. The number of likely N-dealkylation sites (tertiary alicyclic amines) is 1. The molecule has 2 nitrogen and oxygen atoms in total. The minimum atomic E-state index is 0.466. The van der Waals surface area contributed by atoms with Crippen LogP contribution in [0.4, 0.5) is 0 Å². The highest BCUT2D eigenvalue weighted by molar-refractivity contribution is 5.86. The van der Waals surface area contributed by atoms with Gasteiger partial charge in [-0.25, -0.2) is 0 Å². The lowest BCUT2D eigenvalue weighted by Crippen LogP contribution is -2.35. The minimum absolute atomic E-state index is 0.466. The molecule has 1 heterocycles. The topological polar surface area (TPSA) is 29.3 Å². The maximum absolute atomic E-state index is 6.13. The van der Waals surface area contributed by atoms with E-state index in [2.05, 4.69) is 54.3 Å². The molecule has 21 heavy (non-hydrogen) atoms. The summed E-state index contributed by atoms with van der Waals surface area (Å²) in [6.07, 6.45) is 3.85. The van der Waals surface area contributed by atoms with Crippen LogP contribution in [-0.2, 0) is 0 Å². The van der Waals surface area contributed by atoms with E-state index in [4.69, 9.17) is 5.73 Å². The molecule has 1 saturated heterocycles. The van der Waals surface area contributed by atoms with E-state index in [0.29, 0.717) is 12.0 Å². The van der Waals surface area contributed by atoms with Crippen molar-refractivity contribution in [2.45, 2.75) is 32.2 Å². The highest BCUT2D eigenvalue weighted by atomic mass is 15.2. The third kappa shape index (κ3) is 2.83. The van der Waals surface area contributed by atoms with Crippen molar-refractivity contribution >= 4 is 10.8 Å². The van der Waals surface area contributed by atoms with E-state index < -0.39 is 0 Å². The van der Waals surface area contributed by atoms with E-state index in [1.54, 1.807) is 0 Å². The first kappa shape index (κ1) is 14.6. The molecule has 0 spiro atoms. The fraction of sp³-hybridized carbons (Fsp3) is 0.474. The van der Waals surface area contributed by atoms with E-state index in [-0.39, 0.29) is 0 Å². The fourth-order valence-electron chi connectivity index (χ4n) is 3.88. The van der Waals surface area contributed by atoms with Gasteiger partial charge in [-0.05, 0) is 54.7 Å². The number of nitrogens with two attached hydrogens (primary N) is 1. The Labute approximate surface area is 127 Å². The van der Waals surface area contributed by atoms with Gasteiger partial charge in [0.1, 0.15) is 0 Å². The molecular weight excluding hydrogens is 256 g/mol. The van der Waals surface area contributed by atoms with E-state index in [1.165, 1.54) is 42.1 Å². The summed E-state index contributed by atoms with van der Waals surface area (Å²) in [6.45, 7) is 5.35. The van der Waals surface area contributed by atoms with Gasteiger partial charge >= 0.3 is 0 Å². The van der Waals surface area contributed by atoms with Gasteiger partial charge < -0.3 is 5.73 Å². The zero-order chi connectivity index (χ0) is 14.7. The molecule has 0 aromatic heterocycles. The largest absolute Gasteiger partial charge is 0.330 e. The molecule has 112 valence electrons. The molecule has 2 aromatic rings. The van der Waals surface area contributed by atoms with Crippen LogP contribution in [-0.4, -0.2) is 24.5 Å². The lowest BCUT2D eigenvalue weighted by atomic mass is 9.86. The van der Waals surface area contributed by atoms with Crippen molar-refractivity contribution in [2.75, 3.05) is 19.6 Å². The van der Waals surface area contributed by atoms with E-state index in [9.17, 15) is 0 Å². The number of hydrogen-bond acceptors (Lipinski definition) is 2. The van der Waals surface area contributed by atoms with Crippen LogP contribution >= 0.6 is 0 Å². The van der Waals surface area contributed by atoms with Gasteiger partial charge in [0.2, 0.25) is 0 Å². The molecule has 0 amide bonds. The average Bonchev–Trinajstić information content (AvgIpc) is 2.76. The Morgan fingerprint density at radius 3 is 2.71 bits per heavy atom. The lowest BCUT2D eigenvalue weighted by molar-refractivity contribution is 0.168. The lowest BCUT2D eigenvalue weighted by Gasteiger charge is -2.35. The van der Waals surface area contributed by atoms with Crippen molar-refractivity contribution in [2.24, 2.45) is 11.7 Å². The highest BCUT2D eigenvalue weighted by Gasteiger charge is 2.30. The third-order valence-corrected chi connectivity index (χ3v) is 4.96. The predicted octanol–water partition coefficient (Wildman–Crippen LogP) is 3.96. The molecule has 2 unspecified atom stereocenters. The van der Waals surface area contributed by atoms with E-state index >= 15 is 0 Å². The zero-order valence-corrected chi connectivity index (χ0v) is 13.0. The van der Waals surface area contributed by atoms with Gasteiger partial charge in [-0.2, -0.15) is 0 Å². The van der Waals surface area contributed by atoms with Crippen LogP contribution in [0.25, 0.3) is 10.8 Å². The Balaban J connectivity index is 2.11. The van der Waals surface area contributed by atoms with Gasteiger partial charge in [0, 0.05) is 6.04 Å². The summed E-state index contributed by atoms with van der Waals surface area (Å²) < 4.78 is 0. The van der Waals surface area contributed by atoms with Crippen LogP contribution in [0.1, 0.15) is 37.8 Å². The summed E-state index contributed by atoms with van der Waals surface area (Å²) in [6, 6.07) is 15.9. The first-order valence-electron chi connectivity index (χ1n) is 8.27. The number of hydrogen-bond donors (Lipinski definition) is 1. The van der Waals surface area contributed by atoms with Crippen molar-refractivity contribution in [3.63, 3.8) is 0 Å². The molecule has 0 radical (unpaired) electrons. The molecule has 2 N–H and O–H groups in total. The van der Waals surface area contributed by atoms with E-state index in [0.717, 1.165) is 13.1 Å². The maximum Gasteiger partial charge on any atom is 0.0394 e. The van der Waals surface area contributed by atoms with Crippen molar-refractivity contribution in [3.05, 3.63) is 48.0 Å². The molecular formula is C19H26N2. The van der Waals surface area contributed by atoms with Gasteiger partial charge in [0.25, 0.3) is 0 Å². The first-order chi connectivity index (χ1) is 10.3. The van der Waals surface area contributed by atoms with Crippen molar-refractivity contribution in [3.8, 4) is 0 Å². The van der Waals surface area contributed by atoms with Crippen LogP contribution in [0, 0.1) is 5.92 Å². The van der Waals surface area contributed by atoms with E-state index in [1.807, 2.05) is 0 Å². The Bertz CT molecular complexity index is 574. The number of nitrogens with zero attached hydrogens (tertiary/aromatic N) is 1. The van der Waals surface area contributed by atoms with Crippen molar-refractivity contribution in [1.82, 2.24) is 4.90 Å². The second-order valence-electron chi connectivity index (χ2n) is 6.13. The number of fused-ring (bicyclic) bond motifs is 1. The normalized spacial score (nSPS) is 24.1. The molecule has 0 aliphatic carbocycles. The molecule has 3 rings (SSSR count). The number of benzene rings is 2. The molecule has 1 fully saturated rings. The molecule has 2 aromatic carbocycles. The van der Waals surface area contributed by atoms with Gasteiger partial charge in [-0.3, -0.25) is 4.90 Å². The fourth-order valence-corrected chi connectivity index (χ4v) is 3.88. The van der Waals surface area contributed by atoms with Crippen LogP contribution in [0.15, 0.2) is 42.5 Å². The van der Waals surface area contributed by atoms with Gasteiger partial charge in [0.15, 0.2) is 0 Å². The molecule has 2 heteroatoms. The van der Waals surface area contributed by atoms with Gasteiger partial charge in [-0.1, -0.05) is 55.8 Å². The summed E-state index contributed by atoms with van der Waals surface area (Å²) in [4.78, 5) is 2.63. The van der Waals surface area contributed by atoms with Crippen LogP contribution < -0.4 is 5.73 Å². The van der Waals surface area contributed by atoms with Gasteiger partial charge in [-0.15, -0.1) is 0 Å². The molecule has 1 aliphatic heterocycles. The second kappa shape index (κ2) is 6.59. The van der Waals surface area contributed by atoms with Crippen LogP contribution in [0.5, 0.6) is 0 Å². The Morgan fingerprint density at radius 2 is 1.90 bits per heavy atom. The first-order valence-corrected chi connectivity index (χ1v) is 8.27. The van der Waals surface area contributed by atoms with Gasteiger partial charge in [0.05, 0.1) is 0 Å². The zero-order valence-electron chi connectivity index (χ0n) is 13.0. The quantitative estimate of drug-likeness (QED) is 0.923. The average molecular weight is 282 g/mol. The third-order valence-electron chi connectivity index (χ3n) is 4.96. The summed E-state index contributed by atoms with van der Waals surface area (Å²) in [5.74, 6) is 0.568. The molecule has 1 aliphatic rings. The van der Waals surface area contributed by atoms with Crippen LogP contribution in [0.2, 0.25) is 0 Å². The van der Waals surface area contributed by atoms with Crippen molar-refractivity contribution < 1.29 is 0 Å². The highest BCUT2D eigenvalue weighted by Crippen LogP contribution is 2.37. The Kier molecular flexibility index (Phi) is 4.57. The minimum Gasteiger partial charge on any atom is -0.330 e. The molecule has 0 saturated carbocycles. The smallest absolute Gasteiger partial charge is 0.0394 e. The number of rotatable bonds is 3. The standard InChI is InChI=1S/C19H26N2/c1-2-21-13-6-5-9-16(14-20)19(21)18-12-7-10-15-8-3-4-11-17(15)18/h3-4,7-8,10-12,16,19H,2,5-6,9,13-14,20H2,1H3. The summed E-state index contributed by atoms with van der Waals surface area (Å²) in [5.41, 5.74) is 7.60. The predicted molar refractivity (Wildman–Crippen MR) is 90.3 cm³/mol. The molecule has 0 bridgehead atoms. The van der Waals surface area contributed by atoms with Crippen molar-refractivity contribution in [1.29, 1.82) is 0 Å².